The molecule has 0 bridgehead atoms. The number of thiophene rings is 1. The summed E-state index contributed by atoms with van der Waals surface area (Å²) in [5.41, 5.74) is 4.39. The van der Waals surface area contributed by atoms with Gasteiger partial charge in [-0.2, -0.15) is 5.10 Å². The van der Waals surface area contributed by atoms with Crippen LogP contribution in [0.1, 0.15) is 39.1 Å². The van der Waals surface area contributed by atoms with Crippen molar-refractivity contribution in [3.05, 3.63) is 63.8 Å². The van der Waals surface area contributed by atoms with Crippen molar-refractivity contribution in [3.63, 3.8) is 0 Å². The number of nitrogens with zero attached hydrogens (tertiary/aromatic N) is 2. The van der Waals surface area contributed by atoms with Gasteiger partial charge in [0.15, 0.2) is 5.11 Å². The fraction of sp³-hybridized carbons (Fsp3) is 0.286. The van der Waals surface area contributed by atoms with Crippen molar-refractivity contribution in [1.82, 2.24) is 9.78 Å². The number of thiocarbonyl (C=S) groups is 1. The number of hydrogen-bond donors (Lipinski definition) is 2. The Morgan fingerprint density at radius 2 is 1.97 bits per heavy atom. The molecule has 0 saturated carbocycles. The Kier molecular flexibility index (Phi) is 6.66. The summed E-state index contributed by atoms with van der Waals surface area (Å²) in [5, 5.41) is 12.1. The molecule has 0 amide bonds. The molecule has 0 unspecified atom stereocenters. The van der Waals surface area contributed by atoms with Gasteiger partial charge >= 0.3 is 5.97 Å². The lowest BCUT2D eigenvalue weighted by molar-refractivity contribution is 0.0602. The molecule has 2 N–H and O–H groups in total. The Bertz CT molecular complexity index is 1020. The van der Waals surface area contributed by atoms with Crippen LogP contribution < -0.4 is 10.6 Å². The molecule has 0 spiro atoms. The van der Waals surface area contributed by atoms with Crippen molar-refractivity contribution in [3.8, 4) is 0 Å². The zero-order valence-electron chi connectivity index (χ0n) is 16.9. The number of ether oxygens (including phenoxy) is 1. The lowest BCUT2D eigenvalue weighted by Crippen LogP contribution is -2.20. The number of anilines is 2. The lowest BCUT2D eigenvalue weighted by Gasteiger charge is -2.11. The molecular weight excluding hydrogens is 404 g/mol. The third-order valence-corrected chi connectivity index (χ3v) is 5.96. The standard InChI is InChI=1S/C21H24N4O2S2/c1-5-16-11-17(20(26)27-4)19(29-16)23-21(28)22-18-13(2)24-25(14(18)3)12-15-9-7-6-8-10-15/h6-11H,5,12H2,1-4H3,(H2,22,23,28). The molecule has 3 aromatic rings. The third kappa shape index (κ3) is 4.83. The van der Waals surface area contributed by atoms with Crippen LogP contribution in [0.15, 0.2) is 36.4 Å². The molecular formula is C21H24N4O2S2. The highest BCUT2D eigenvalue weighted by atomic mass is 32.1. The second-order valence-corrected chi connectivity index (χ2v) is 8.11. The van der Waals surface area contributed by atoms with E-state index in [2.05, 4.69) is 27.9 Å². The van der Waals surface area contributed by atoms with Crippen molar-refractivity contribution >= 4 is 45.3 Å². The van der Waals surface area contributed by atoms with Crippen molar-refractivity contribution in [2.75, 3.05) is 17.7 Å². The molecule has 3 rings (SSSR count). The van der Waals surface area contributed by atoms with Crippen LogP contribution in [0.4, 0.5) is 10.7 Å². The highest BCUT2D eigenvalue weighted by molar-refractivity contribution is 7.80. The first-order chi connectivity index (χ1) is 13.9. The maximum Gasteiger partial charge on any atom is 0.340 e. The lowest BCUT2D eigenvalue weighted by atomic mass is 10.2. The summed E-state index contributed by atoms with van der Waals surface area (Å²) >= 11 is 7.00. The van der Waals surface area contributed by atoms with Gasteiger partial charge in [-0.1, -0.05) is 37.3 Å². The van der Waals surface area contributed by atoms with E-state index in [1.54, 1.807) is 0 Å². The third-order valence-electron chi connectivity index (χ3n) is 4.56. The first kappa shape index (κ1) is 21.0. The Labute approximate surface area is 179 Å². The van der Waals surface area contributed by atoms with Gasteiger partial charge in [0.2, 0.25) is 0 Å². The Morgan fingerprint density at radius 3 is 2.62 bits per heavy atom. The minimum atomic E-state index is -0.380. The van der Waals surface area contributed by atoms with E-state index in [1.807, 2.05) is 49.7 Å². The molecule has 0 atom stereocenters. The van der Waals surface area contributed by atoms with Crippen LogP contribution in [0.2, 0.25) is 0 Å². The largest absolute Gasteiger partial charge is 0.465 e. The molecule has 6 nitrogen and oxygen atoms in total. The molecule has 152 valence electrons. The number of hydrogen-bond acceptors (Lipinski definition) is 5. The predicted molar refractivity (Wildman–Crippen MR) is 122 cm³/mol. The Balaban J connectivity index is 1.76. The summed E-state index contributed by atoms with van der Waals surface area (Å²) in [6.07, 6.45) is 0.834. The van der Waals surface area contributed by atoms with E-state index in [-0.39, 0.29) is 5.97 Å². The number of nitrogens with one attached hydrogen (secondary N) is 2. The fourth-order valence-corrected chi connectivity index (χ4v) is 4.26. The van der Waals surface area contributed by atoms with Crippen LogP contribution in [-0.4, -0.2) is 28.0 Å². The highest BCUT2D eigenvalue weighted by Gasteiger charge is 2.18. The highest BCUT2D eigenvalue weighted by Crippen LogP contribution is 2.30. The fourth-order valence-electron chi connectivity index (χ4n) is 3.01. The van der Waals surface area contributed by atoms with Crippen molar-refractivity contribution in [1.29, 1.82) is 0 Å². The van der Waals surface area contributed by atoms with Crippen LogP contribution in [0.25, 0.3) is 0 Å². The van der Waals surface area contributed by atoms with E-state index >= 15 is 0 Å². The molecule has 8 heteroatoms. The number of esters is 1. The maximum atomic E-state index is 12.1. The van der Waals surface area contributed by atoms with Crippen LogP contribution in [-0.2, 0) is 17.7 Å². The van der Waals surface area contributed by atoms with Crippen molar-refractivity contribution < 1.29 is 9.53 Å². The summed E-state index contributed by atoms with van der Waals surface area (Å²) in [5.74, 6) is -0.380. The number of carbonyl (C=O) groups excluding carboxylic acids is 1. The Hall–Kier alpha value is -2.71. The molecule has 2 aromatic heterocycles. The second-order valence-electron chi connectivity index (χ2n) is 6.57. The Morgan fingerprint density at radius 1 is 1.24 bits per heavy atom. The summed E-state index contributed by atoms with van der Waals surface area (Å²) in [4.78, 5) is 13.1. The van der Waals surface area contributed by atoms with E-state index in [4.69, 9.17) is 17.0 Å². The maximum absolute atomic E-state index is 12.1. The molecule has 0 radical (unpaired) electrons. The van der Waals surface area contributed by atoms with Crippen molar-refractivity contribution in [2.24, 2.45) is 0 Å². The van der Waals surface area contributed by atoms with Crippen molar-refractivity contribution in [2.45, 2.75) is 33.7 Å². The SMILES string of the molecule is CCc1cc(C(=O)OC)c(NC(=S)Nc2c(C)nn(Cc3ccccc3)c2C)s1. The molecule has 0 saturated heterocycles. The molecule has 0 aliphatic carbocycles. The smallest absolute Gasteiger partial charge is 0.340 e. The van der Waals surface area contributed by atoms with Gasteiger partial charge in [0.05, 0.1) is 36.3 Å². The van der Waals surface area contributed by atoms with Gasteiger partial charge in [-0.05, 0) is 44.1 Å². The first-order valence-electron chi connectivity index (χ1n) is 9.29. The monoisotopic (exact) mass is 428 g/mol. The summed E-state index contributed by atoms with van der Waals surface area (Å²) in [6.45, 7) is 6.68. The van der Waals surface area contributed by atoms with Gasteiger partial charge in [-0.15, -0.1) is 11.3 Å². The molecule has 2 heterocycles. The first-order valence-corrected chi connectivity index (χ1v) is 10.5. The van der Waals surface area contributed by atoms with Gasteiger partial charge < -0.3 is 15.4 Å². The van der Waals surface area contributed by atoms with Crippen LogP contribution in [0.5, 0.6) is 0 Å². The summed E-state index contributed by atoms with van der Waals surface area (Å²) < 4.78 is 6.84. The second kappa shape index (κ2) is 9.19. The van der Waals surface area contributed by atoms with Gasteiger partial charge in [0.1, 0.15) is 5.00 Å². The van der Waals surface area contributed by atoms with Crippen LogP contribution in [0.3, 0.4) is 0 Å². The zero-order valence-corrected chi connectivity index (χ0v) is 18.5. The average molecular weight is 429 g/mol. The number of carbonyl (C=O) groups is 1. The quantitative estimate of drug-likeness (QED) is 0.436. The van der Waals surface area contributed by atoms with Gasteiger partial charge in [-0.3, -0.25) is 4.68 Å². The predicted octanol–water partition coefficient (Wildman–Crippen LogP) is 4.77. The molecule has 29 heavy (non-hydrogen) atoms. The van der Waals surface area contributed by atoms with Gasteiger partial charge in [0, 0.05) is 4.88 Å². The number of rotatable bonds is 6. The minimum Gasteiger partial charge on any atom is -0.465 e. The molecule has 0 fully saturated rings. The minimum absolute atomic E-state index is 0.380. The van der Waals surface area contributed by atoms with Gasteiger partial charge in [-0.25, -0.2) is 4.79 Å². The number of methoxy groups -OCH3 is 1. The van der Waals surface area contributed by atoms with E-state index in [9.17, 15) is 4.79 Å². The molecule has 0 aliphatic rings. The van der Waals surface area contributed by atoms with Gasteiger partial charge in [0.25, 0.3) is 0 Å². The summed E-state index contributed by atoms with van der Waals surface area (Å²) in [6, 6.07) is 12.0. The molecule has 1 aromatic carbocycles. The van der Waals surface area contributed by atoms with E-state index in [0.29, 0.717) is 22.2 Å². The number of aromatic nitrogens is 2. The van der Waals surface area contributed by atoms with Crippen LogP contribution >= 0.6 is 23.6 Å². The van der Waals surface area contributed by atoms with E-state index < -0.39 is 0 Å². The van der Waals surface area contributed by atoms with E-state index in [1.165, 1.54) is 24.0 Å². The van der Waals surface area contributed by atoms with E-state index in [0.717, 1.165) is 28.4 Å². The zero-order chi connectivity index (χ0) is 21.0. The number of aryl methyl sites for hydroxylation is 2. The topological polar surface area (TPSA) is 68.2 Å². The summed E-state index contributed by atoms with van der Waals surface area (Å²) in [7, 11) is 1.37. The normalized spacial score (nSPS) is 10.6. The average Bonchev–Trinajstić information content (AvgIpc) is 3.24. The van der Waals surface area contributed by atoms with Crippen LogP contribution in [0, 0.1) is 13.8 Å². The molecule has 0 aliphatic heterocycles. The number of benzene rings is 1.